The number of nitrogens with zero attached hydrogens (tertiary/aromatic N) is 2. The van der Waals surface area contributed by atoms with Crippen molar-refractivity contribution in [3.05, 3.63) is 30.1 Å². The molecule has 0 aliphatic rings. The van der Waals surface area contributed by atoms with Crippen molar-refractivity contribution in [2.45, 2.75) is 46.7 Å². The van der Waals surface area contributed by atoms with Gasteiger partial charge in [-0.1, -0.05) is 39.8 Å². The zero-order valence-electron chi connectivity index (χ0n) is 11.8. The standard InChI is InChI=1S/C15H23N3/c1-5-10-18-12-9-7-6-8-11(12)17-14(18)13(16)15(2,3)4/h6-9,13H,5,10,16H2,1-4H3. The third-order valence-corrected chi connectivity index (χ3v) is 3.34. The van der Waals surface area contributed by atoms with E-state index in [2.05, 4.69) is 50.5 Å². The molecule has 1 atom stereocenters. The van der Waals surface area contributed by atoms with E-state index in [1.54, 1.807) is 0 Å². The van der Waals surface area contributed by atoms with Crippen molar-refractivity contribution in [1.29, 1.82) is 0 Å². The first-order chi connectivity index (χ1) is 8.45. The van der Waals surface area contributed by atoms with Gasteiger partial charge in [0.1, 0.15) is 5.82 Å². The molecule has 0 bridgehead atoms. The van der Waals surface area contributed by atoms with Crippen molar-refractivity contribution in [2.24, 2.45) is 11.1 Å². The van der Waals surface area contributed by atoms with Crippen LogP contribution in [0.1, 0.15) is 46.0 Å². The summed E-state index contributed by atoms with van der Waals surface area (Å²) in [4.78, 5) is 4.74. The van der Waals surface area contributed by atoms with Crippen LogP contribution in [0.5, 0.6) is 0 Å². The molecule has 0 radical (unpaired) electrons. The molecule has 0 saturated heterocycles. The van der Waals surface area contributed by atoms with Crippen LogP contribution in [-0.2, 0) is 6.54 Å². The maximum atomic E-state index is 6.38. The first-order valence-electron chi connectivity index (χ1n) is 6.66. The Bertz CT molecular complexity index is 534. The monoisotopic (exact) mass is 245 g/mol. The number of rotatable bonds is 3. The Kier molecular flexibility index (Phi) is 3.44. The average Bonchev–Trinajstić information content (AvgIpc) is 2.67. The first-order valence-corrected chi connectivity index (χ1v) is 6.66. The van der Waals surface area contributed by atoms with Crippen LogP contribution < -0.4 is 5.73 Å². The fourth-order valence-electron chi connectivity index (χ4n) is 2.18. The topological polar surface area (TPSA) is 43.8 Å². The summed E-state index contributed by atoms with van der Waals surface area (Å²) in [7, 11) is 0. The van der Waals surface area contributed by atoms with Crippen LogP contribution in [0.3, 0.4) is 0 Å². The van der Waals surface area contributed by atoms with Gasteiger partial charge in [0.2, 0.25) is 0 Å². The van der Waals surface area contributed by atoms with Crippen LogP contribution in [0.25, 0.3) is 11.0 Å². The van der Waals surface area contributed by atoms with Crippen molar-refractivity contribution in [2.75, 3.05) is 0 Å². The Morgan fingerprint density at radius 1 is 1.28 bits per heavy atom. The van der Waals surface area contributed by atoms with Gasteiger partial charge in [0, 0.05) is 6.54 Å². The molecule has 0 aliphatic heterocycles. The number of para-hydroxylation sites is 2. The Morgan fingerprint density at radius 2 is 1.94 bits per heavy atom. The number of aryl methyl sites for hydroxylation is 1. The number of benzene rings is 1. The normalized spacial score (nSPS) is 14.1. The summed E-state index contributed by atoms with van der Waals surface area (Å²) in [5.74, 6) is 1.01. The van der Waals surface area contributed by atoms with Crippen LogP contribution in [-0.4, -0.2) is 9.55 Å². The molecule has 1 unspecified atom stereocenters. The Hall–Kier alpha value is -1.35. The Balaban J connectivity index is 2.59. The maximum Gasteiger partial charge on any atom is 0.127 e. The number of hydrogen-bond donors (Lipinski definition) is 1. The summed E-state index contributed by atoms with van der Waals surface area (Å²) in [6.07, 6.45) is 1.09. The van der Waals surface area contributed by atoms with E-state index >= 15 is 0 Å². The minimum Gasteiger partial charge on any atom is -0.327 e. The van der Waals surface area contributed by atoms with E-state index in [-0.39, 0.29) is 11.5 Å². The molecule has 3 nitrogen and oxygen atoms in total. The maximum absolute atomic E-state index is 6.38. The number of aromatic nitrogens is 2. The Morgan fingerprint density at radius 3 is 2.56 bits per heavy atom. The summed E-state index contributed by atoms with van der Waals surface area (Å²) in [6.45, 7) is 9.63. The van der Waals surface area contributed by atoms with E-state index in [1.807, 2.05) is 6.07 Å². The molecule has 0 aliphatic carbocycles. The average molecular weight is 245 g/mol. The predicted molar refractivity (Wildman–Crippen MR) is 76.4 cm³/mol. The van der Waals surface area contributed by atoms with E-state index in [9.17, 15) is 0 Å². The lowest BCUT2D eigenvalue weighted by Gasteiger charge is -2.27. The lowest BCUT2D eigenvalue weighted by atomic mass is 9.87. The fourth-order valence-corrected chi connectivity index (χ4v) is 2.18. The molecule has 0 spiro atoms. The second-order valence-electron chi connectivity index (χ2n) is 5.95. The van der Waals surface area contributed by atoms with Gasteiger partial charge in [-0.05, 0) is 24.0 Å². The molecule has 0 amide bonds. The molecule has 0 saturated carbocycles. The van der Waals surface area contributed by atoms with Gasteiger partial charge in [0.25, 0.3) is 0 Å². The minimum absolute atomic E-state index is 0.0207. The van der Waals surface area contributed by atoms with Gasteiger partial charge < -0.3 is 10.3 Å². The van der Waals surface area contributed by atoms with Gasteiger partial charge >= 0.3 is 0 Å². The van der Waals surface area contributed by atoms with Crippen molar-refractivity contribution in [3.63, 3.8) is 0 Å². The van der Waals surface area contributed by atoms with Crippen molar-refractivity contribution in [1.82, 2.24) is 9.55 Å². The SMILES string of the molecule is CCCn1c(C(N)C(C)(C)C)nc2ccccc21. The van der Waals surface area contributed by atoms with E-state index in [0.717, 1.165) is 24.3 Å². The van der Waals surface area contributed by atoms with Gasteiger partial charge in [-0.25, -0.2) is 4.98 Å². The predicted octanol–water partition coefficient (Wildman–Crippen LogP) is 3.49. The van der Waals surface area contributed by atoms with Gasteiger partial charge in [-0.3, -0.25) is 0 Å². The summed E-state index contributed by atoms with van der Waals surface area (Å²) < 4.78 is 2.27. The molecule has 2 rings (SSSR count). The highest BCUT2D eigenvalue weighted by Gasteiger charge is 2.27. The molecule has 2 N–H and O–H groups in total. The lowest BCUT2D eigenvalue weighted by molar-refractivity contribution is 0.308. The lowest BCUT2D eigenvalue weighted by Crippen LogP contribution is -2.29. The molecule has 1 aromatic heterocycles. The quantitative estimate of drug-likeness (QED) is 0.899. The molecule has 3 heteroatoms. The van der Waals surface area contributed by atoms with E-state index in [1.165, 1.54) is 5.52 Å². The smallest absolute Gasteiger partial charge is 0.127 e. The molecule has 98 valence electrons. The number of hydrogen-bond acceptors (Lipinski definition) is 2. The van der Waals surface area contributed by atoms with E-state index < -0.39 is 0 Å². The third-order valence-electron chi connectivity index (χ3n) is 3.34. The molecular formula is C15H23N3. The summed E-state index contributed by atoms with van der Waals surface area (Å²) in [5, 5.41) is 0. The van der Waals surface area contributed by atoms with Gasteiger partial charge in [0.15, 0.2) is 0 Å². The zero-order valence-corrected chi connectivity index (χ0v) is 11.8. The Labute approximate surface area is 109 Å². The van der Waals surface area contributed by atoms with Crippen LogP contribution in [0.2, 0.25) is 0 Å². The number of fused-ring (bicyclic) bond motifs is 1. The van der Waals surface area contributed by atoms with Gasteiger partial charge in [-0.2, -0.15) is 0 Å². The molecule has 18 heavy (non-hydrogen) atoms. The highest BCUT2D eigenvalue weighted by atomic mass is 15.1. The summed E-state index contributed by atoms with van der Waals surface area (Å²) in [6, 6.07) is 8.22. The van der Waals surface area contributed by atoms with Gasteiger partial charge in [0.05, 0.1) is 17.1 Å². The fraction of sp³-hybridized carbons (Fsp3) is 0.533. The van der Waals surface area contributed by atoms with Crippen molar-refractivity contribution in [3.8, 4) is 0 Å². The first kappa shape index (κ1) is 13.1. The van der Waals surface area contributed by atoms with E-state index in [0.29, 0.717) is 0 Å². The molecule has 0 fully saturated rings. The van der Waals surface area contributed by atoms with Crippen molar-refractivity contribution >= 4 is 11.0 Å². The highest BCUT2D eigenvalue weighted by Crippen LogP contribution is 2.31. The molecule has 1 heterocycles. The molecule has 2 aromatic rings. The molecular weight excluding hydrogens is 222 g/mol. The highest BCUT2D eigenvalue weighted by molar-refractivity contribution is 5.76. The van der Waals surface area contributed by atoms with Crippen LogP contribution in [0.4, 0.5) is 0 Å². The third kappa shape index (κ3) is 2.27. The number of imidazole rings is 1. The summed E-state index contributed by atoms with van der Waals surface area (Å²) in [5.41, 5.74) is 8.64. The summed E-state index contributed by atoms with van der Waals surface area (Å²) >= 11 is 0. The van der Waals surface area contributed by atoms with Gasteiger partial charge in [-0.15, -0.1) is 0 Å². The van der Waals surface area contributed by atoms with Crippen LogP contribution >= 0.6 is 0 Å². The molecule has 1 aromatic carbocycles. The second kappa shape index (κ2) is 4.73. The largest absolute Gasteiger partial charge is 0.327 e. The second-order valence-corrected chi connectivity index (χ2v) is 5.95. The minimum atomic E-state index is -0.0450. The zero-order chi connectivity index (χ0) is 13.3. The van der Waals surface area contributed by atoms with Crippen LogP contribution in [0, 0.1) is 5.41 Å². The van der Waals surface area contributed by atoms with E-state index in [4.69, 9.17) is 10.7 Å². The number of nitrogens with two attached hydrogens (primary N) is 1. The van der Waals surface area contributed by atoms with Crippen LogP contribution in [0.15, 0.2) is 24.3 Å². The van der Waals surface area contributed by atoms with Crippen molar-refractivity contribution < 1.29 is 0 Å².